The molecule has 0 radical (unpaired) electrons. The van der Waals surface area contributed by atoms with Gasteiger partial charge in [0.15, 0.2) is 5.78 Å². The van der Waals surface area contributed by atoms with Gasteiger partial charge in [0.1, 0.15) is 0 Å². The maximum Gasteiger partial charge on any atom is 0.161 e. The van der Waals surface area contributed by atoms with Crippen molar-refractivity contribution in [1.82, 2.24) is 0 Å². The van der Waals surface area contributed by atoms with Gasteiger partial charge in [-0.25, -0.2) is 0 Å². The Bertz CT molecular complexity index is 376. The lowest BCUT2D eigenvalue weighted by Gasteiger charge is -2.19. The molecular weight excluding hydrogens is 184 g/mol. The molecule has 1 fully saturated rings. The monoisotopic (exact) mass is 200 g/mol. The van der Waals surface area contributed by atoms with Crippen LogP contribution in [0.5, 0.6) is 0 Å². The first-order valence-corrected chi connectivity index (χ1v) is 5.57. The summed E-state index contributed by atoms with van der Waals surface area (Å²) in [6.45, 7) is 2.03. The van der Waals surface area contributed by atoms with Gasteiger partial charge in [-0.05, 0) is 36.5 Å². The third kappa shape index (κ3) is 2.35. The minimum atomic E-state index is 0.216. The van der Waals surface area contributed by atoms with Crippen molar-refractivity contribution in [1.29, 1.82) is 0 Å². The summed E-state index contributed by atoms with van der Waals surface area (Å²) in [7, 11) is 0. The Morgan fingerprint density at radius 2 is 2.00 bits per heavy atom. The predicted octanol–water partition coefficient (Wildman–Crippen LogP) is 3.46. The standard InChI is InChI=1S/C14H16O/c1-11-6-5-9-13(14(11)15)10-12-7-3-2-4-8-12/h2-4,7-8,10-11H,5-6,9H2,1H3/b13-10+/t11-/m1/s1. The number of carbonyl (C=O) groups excluding carboxylic acids is 1. The second kappa shape index (κ2) is 4.43. The van der Waals surface area contributed by atoms with Gasteiger partial charge in [-0.15, -0.1) is 0 Å². The van der Waals surface area contributed by atoms with E-state index in [9.17, 15) is 4.79 Å². The second-order valence-electron chi connectivity index (χ2n) is 4.24. The van der Waals surface area contributed by atoms with Gasteiger partial charge in [0.05, 0.1) is 0 Å². The van der Waals surface area contributed by atoms with Crippen LogP contribution in [-0.4, -0.2) is 5.78 Å². The van der Waals surface area contributed by atoms with E-state index < -0.39 is 0 Å². The molecule has 78 valence electrons. The van der Waals surface area contributed by atoms with Crippen LogP contribution in [0.4, 0.5) is 0 Å². The van der Waals surface area contributed by atoms with E-state index >= 15 is 0 Å². The maximum absolute atomic E-state index is 11.9. The SMILES string of the molecule is C[C@@H]1CCC/C(=C\c2ccccc2)C1=O. The highest BCUT2D eigenvalue weighted by atomic mass is 16.1. The van der Waals surface area contributed by atoms with Crippen LogP contribution >= 0.6 is 0 Å². The van der Waals surface area contributed by atoms with Crippen molar-refractivity contribution in [3.63, 3.8) is 0 Å². The molecule has 1 aliphatic rings. The van der Waals surface area contributed by atoms with Crippen LogP contribution in [0, 0.1) is 5.92 Å². The predicted molar refractivity (Wildman–Crippen MR) is 62.4 cm³/mol. The quantitative estimate of drug-likeness (QED) is 0.634. The number of allylic oxidation sites excluding steroid dienone is 1. The summed E-state index contributed by atoms with van der Waals surface area (Å²) in [6, 6.07) is 10.1. The fourth-order valence-corrected chi connectivity index (χ4v) is 2.06. The molecule has 0 saturated heterocycles. The Labute approximate surface area is 90.8 Å². The van der Waals surface area contributed by atoms with E-state index in [-0.39, 0.29) is 5.92 Å². The Morgan fingerprint density at radius 3 is 2.73 bits per heavy atom. The van der Waals surface area contributed by atoms with Gasteiger partial charge in [-0.1, -0.05) is 37.3 Å². The lowest BCUT2D eigenvalue weighted by molar-refractivity contribution is -0.119. The molecule has 0 aromatic heterocycles. The van der Waals surface area contributed by atoms with Crippen LogP contribution in [0.2, 0.25) is 0 Å². The Kier molecular flexibility index (Phi) is 3.00. The van der Waals surface area contributed by atoms with E-state index in [0.29, 0.717) is 5.78 Å². The fraction of sp³-hybridized carbons (Fsp3) is 0.357. The average molecular weight is 200 g/mol. The molecule has 0 N–H and O–H groups in total. The summed E-state index contributed by atoms with van der Waals surface area (Å²) in [6.07, 6.45) is 5.17. The summed E-state index contributed by atoms with van der Waals surface area (Å²) in [5, 5.41) is 0. The van der Waals surface area contributed by atoms with Crippen molar-refractivity contribution < 1.29 is 4.79 Å². The first-order chi connectivity index (χ1) is 7.27. The fourth-order valence-electron chi connectivity index (χ4n) is 2.06. The van der Waals surface area contributed by atoms with Gasteiger partial charge in [0.2, 0.25) is 0 Å². The van der Waals surface area contributed by atoms with Crippen LogP contribution < -0.4 is 0 Å². The number of benzene rings is 1. The average Bonchev–Trinajstić information content (AvgIpc) is 2.26. The van der Waals surface area contributed by atoms with Crippen molar-refractivity contribution in [3.8, 4) is 0 Å². The third-order valence-corrected chi connectivity index (χ3v) is 2.99. The minimum Gasteiger partial charge on any atom is -0.294 e. The molecule has 0 spiro atoms. The van der Waals surface area contributed by atoms with Gasteiger partial charge >= 0.3 is 0 Å². The smallest absolute Gasteiger partial charge is 0.161 e. The number of rotatable bonds is 1. The first kappa shape index (κ1) is 10.2. The zero-order chi connectivity index (χ0) is 10.7. The molecular formula is C14H16O. The molecule has 0 unspecified atom stereocenters. The Balaban J connectivity index is 2.23. The molecule has 1 nitrogen and oxygen atoms in total. The van der Waals surface area contributed by atoms with Gasteiger partial charge in [0, 0.05) is 5.92 Å². The van der Waals surface area contributed by atoms with Crippen LogP contribution in [0.15, 0.2) is 35.9 Å². The van der Waals surface area contributed by atoms with Crippen LogP contribution in [-0.2, 0) is 4.79 Å². The second-order valence-corrected chi connectivity index (χ2v) is 4.24. The number of hydrogen-bond donors (Lipinski definition) is 0. The highest BCUT2D eigenvalue weighted by Gasteiger charge is 2.21. The van der Waals surface area contributed by atoms with E-state index in [1.54, 1.807) is 0 Å². The number of Topliss-reactive ketones (excluding diaryl/α,β-unsaturated/α-hetero) is 1. The largest absolute Gasteiger partial charge is 0.294 e. The zero-order valence-corrected chi connectivity index (χ0v) is 9.07. The molecule has 1 atom stereocenters. The highest BCUT2D eigenvalue weighted by molar-refractivity contribution is 6.01. The van der Waals surface area contributed by atoms with Crippen molar-refractivity contribution in [2.75, 3.05) is 0 Å². The molecule has 0 heterocycles. The van der Waals surface area contributed by atoms with Crippen molar-refractivity contribution >= 4 is 11.9 Å². The molecule has 0 bridgehead atoms. The summed E-state index contributed by atoms with van der Waals surface area (Å²) in [5.74, 6) is 0.554. The van der Waals surface area contributed by atoms with Crippen LogP contribution in [0.3, 0.4) is 0 Å². The topological polar surface area (TPSA) is 17.1 Å². The number of hydrogen-bond acceptors (Lipinski definition) is 1. The van der Waals surface area contributed by atoms with E-state index in [4.69, 9.17) is 0 Å². The Hall–Kier alpha value is -1.37. The van der Waals surface area contributed by atoms with Crippen LogP contribution in [0.25, 0.3) is 6.08 Å². The maximum atomic E-state index is 11.9. The molecule has 1 saturated carbocycles. The number of ketones is 1. The first-order valence-electron chi connectivity index (χ1n) is 5.57. The molecule has 1 heteroatoms. The van der Waals surface area contributed by atoms with E-state index in [1.165, 1.54) is 0 Å². The van der Waals surface area contributed by atoms with Gasteiger partial charge in [-0.2, -0.15) is 0 Å². The highest BCUT2D eigenvalue weighted by Crippen LogP contribution is 2.26. The van der Waals surface area contributed by atoms with Gasteiger partial charge < -0.3 is 0 Å². The van der Waals surface area contributed by atoms with Gasteiger partial charge in [0.25, 0.3) is 0 Å². The molecule has 1 aromatic rings. The molecule has 0 aliphatic heterocycles. The van der Waals surface area contributed by atoms with Gasteiger partial charge in [-0.3, -0.25) is 4.79 Å². The molecule has 2 rings (SSSR count). The van der Waals surface area contributed by atoms with E-state index in [2.05, 4.69) is 0 Å². The zero-order valence-electron chi connectivity index (χ0n) is 9.07. The third-order valence-electron chi connectivity index (χ3n) is 2.99. The van der Waals surface area contributed by atoms with Crippen molar-refractivity contribution in [2.45, 2.75) is 26.2 Å². The summed E-state index contributed by atoms with van der Waals surface area (Å²) in [5.41, 5.74) is 2.13. The lowest BCUT2D eigenvalue weighted by Crippen LogP contribution is -2.18. The minimum absolute atomic E-state index is 0.216. The summed E-state index contributed by atoms with van der Waals surface area (Å²) in [4.78, 5) is 11.9. The molecule has 1 aliphatic carbocycles. The Morgan fingerprint density at radius 1 is 1.27 bits per heavy atom. The number of carbonyl (C=O) groups is 1. The molecule has 0 amide bonds. The van der Waals surface area contributed by atoms with Crippen molar-refractivity contribution in [2.24, 2.45) is 5.92 Å². The summed E-state index contributed by atoms with van der Waals surface area (Å²) < 4.78 is 0. The van der Waals surface area contributed by atoms with E-state index in [0.717, 1.165) is 30.4 Å². The molecule has 1 aromatic carbocycles. The normalized spacial score (nSPS) is 24.5. The van der Waals surface area contributed by atoms with Crippen LogP contribution in [0.1, 0.15) is 31.7 Å². The lowest BCUT2D eigenvalue weighted by atomic mass is 9.84. The van der Waals surface area contributed by atoms with Crippen molar-refractivity contribution in [3.05, 3.63) is 41.5 Å². The summed E-state index contributed by atoms with van der Waals surface area (Å²) >= 11 is 0. The molecule has 15 heavy (non-hydrogen) atoms. The van der Waals surface area contributed by atoms with E-state index in [1.807, 2.05) is 43.3 Å².